The highest BCUT2D eigenvalue weighted by Gasteiger charge is 2.35. The minimum Gasteiger partial charge on any atom is -0.294 e. The van der Waals surface area contributed by atoms with E-state index in [1.165, 1.54) is 30.3 Å². The molecule has 4 nitrogen and oxygen atoms in total. The molecule has 0 saturated heterocycles. The molecule has 3 aromatic carbocycles. The smallest absolute Gasteiger partial charge is 0.294 e. The van der Waals surface area contributed by atoms with Gasteiger partial charge in [0.1, 0.15) is 5.82 Å². The number of fused-ring (bicyclic) bond motifs is 1. The molecule has 1 heterocycles. The summed E-state index contributed by atoms with van der Waals surface area (Å²) in [5.41, 5.74) is 0.171. The van der Waals surface area contributed by atoms with Crippen molar-refractivity contribution in [1.82, 2.24) is 0 Å². The van der Waals surface area contributed by atoms with Crippen molar-refractivity contribution in [1.29, 1.82) is 0 Å². The van der Waals surface area contributed by atoms with Gasteiger partial charge in [-0.15, -0.1) is 0 Å². The Bertz CT molecular complexity index is 1450. The molecule has 0 aromatic heterocycles. The van der Waals surface area contributed by atoms with E-state index < -0.39 is 32.5 Å². The summed E-state index contributed by atoms with van der Waals surface area (Å²) in [6.45, 7) is 1.40. The van der Waals surface area contributed by atoms with Crippen LogP contribution in [-0.2, 0) is 16.2 Å². The lowest BCUT2D eigenvalue weighted by molar-refractivity contribution is -0.137. The molecule has 1 aliphatic heterocycles. The maximum absolute atomic E-state index is 14.3. The van der Waals surface area contributed by atoms with Crippen molar-refractivity contribution in [3.8, 4) is 0 Å². The maximum Gasteiger partial charge on any atom is 0.416 e. The minimum atomic E-state index is -4.72. The van der Waals surface area contributed by atoms with E-state index in [0.29, 0.717) is 17.2 Å². The van der Waals surface area contributed by atoms with Crippen molar-refractivity contribution in [3.05, 3.63) is 93.8 Å². The van der Waals surface area contributed by atoms with E-state index in [1.54, 1.807) is 19.1 Å². The van der Waals surface area contributed by atoms with E-state index in [4.69, 9.17) is 11.6 Å². The van der Waals surface area contributed by atoms with Crippen LogP contribution in [0.5, 0.6) is 0 Å². The predicted octanol–water partition coefficient (Wildman–Crippen LogP) is 6.84. The van der Waals surface area contributed by atoms with Crippen molar-refractivity contribution in [3.63, 3.8) is 0 Å². The zero-order chi connectivity index (χ0) is 25.5. The van der Waals surface area contributed by atoms with Crippen LogP contribution in [0.3, 0.4) is 0 Å². The van der Waals surface area contributed by atoms with Crippen molar-refractivity contribution in [2.75, 3.05) is 10.8 Å². The maximum atomic E-state index is 14.3. The quantitative estimate of drug-likeness (QED) is 0.278. The van der Waals surface area contributed by atoms with Gasteiger partial charge in [0.15, 0.2) is 5.78 Å². The Labute approximate surface area is 204 Å². The summed E-state index contributed by atoms with van der Waals surface area (Å²) >= 11 is 6.13. The predicted molar refractivity (Wildman–Crippen MR) is 126 cm³/mol. The second-order valence-electron chi connectivity index (χ2n) is 7.98. The molecule has 0 radical (unpaired) electrons. The number of ketones is 1. The monoisotopic (exact) mass is 523 g/mol. The second kappa shape index (κ2) is 9.13. The third-order valence-corrected chi connectivity index (χ3v) is 7.75. The number of halogens is 5. The molecule has 0 spiro atoms. The lowest BCUT2D eigenvalue weighted by atomic mass is 9.98. The van der Waals surface area contributed by atoms with E-state index in [1.807, 2.05) is 0 Å². The molecule has 10 heteroatoms. The summed E-state index contributed by atoms with van der Waals surface area (Å²) in [6.07, 6.45) is -3.26. The SMILES string of the molecule is C/C(=C\c1ccc2c(c1)N(S(=O)(=O)c1cccc(C(F)(F)F)c1)CCC2=O)c1c(F)cccc1Cl. The van der Waals surface area contributed by atoms with Gasteiger partial charge in [-0.2, -0.15) is 13.2 Å². The van der Waals surface area contributed by atoms with Crippen LogP contribution in [0.25, 0.3) is 11.6 Å². The van der Waals surface area contributed by atoms with Crippen LogP contribution >= 0.6 is 11.6 Å². The van der Waals surface area contributed by atoms with Gasteiger partial charge in [-0.1, -0.05) is 35.9 Å². The summed E-state index contributed by atoms with van der Waals surface area (Å²) in [6, 6.07) is 12.2. The molecule has 0 aliphatic carbocycles. The minimum absolute atomic E-state index is 0.0415. The van der Waals surface area contributed by atoms with Crippen molar-refractivity contribution < 1.29 is 30.8 Å². The highest BCUT2D eigenvalue weighted by atomic mass is 35.5. The Morgan fingerprint density at radius 2 is 1.77 bits per heavy atom. The Hall–Kier alpha value is -3.17. The zero-order valence-corrected chi connectivity index (χ0v) is 19.8. The summed E-state index contributed by atoms with van der Waals surface area (Å²) in [7, 11) is -4.41. The summed E-state index contributed by atoms with van der Waals surface area (Å²) in [5, 5.41) is 0.195. The third-order valence-electron chi connectivity index (χ3n) is 5.62. The molecule has 4 rings (SSSR count). The standard InChI is InChI=1S/C25H18ClF4NO3S/c1-15(24-20(26)6-3-7-21(24)27)12-16-8-9-19-22(13-16)31(11-10-23(19)32)35(33,34)18-5-2-4-17(14-18)25(28,29)30/h2-9,12-14H,10-11H2,1H3/b15-12+. The van der Waals surface area contributed by atoms with Crippen LogP contribution in [0.1, 0.15) is 40.4 Å². The lowest BCUT2D eigenvalue weighted by Gasteiger charge is -2.30. The molecule has 0 unspecified atom stereocenters. The number of nitrogens with zero attached hydrogens (tertiary/aromatic N) is 1. The first-order valence-electron chi connectivity index (χ1n) is 10.4. The highest BCUT2D eigenvalue weighted by molar-refractivity contribution is 7.92. The first-order chi connectivity index (χ1) is 16.4. The van der Waals surface area contributed by atoms with Crippen LogP contribution in [0.15, 0.2) is 65.6 Å². The van der Waals surface area contributed by atoms with E-state index in [-0.39, 0.29) is 40.6 Å². The zero-order valence-electron chi connectivity index (χ0n) is 18.2. The molecule has 182 valence electrons. The van der Waals surface area contributed by atoms with Crippen molar-refractivity contribution >= 4 is 44.7 Å². The number of allylic oxidation sites excluding steroid dienone is 1. The van der Waals surface area contributed by atoms with Gasteiger partial charge in [0, 0.05) is 24.1 Å². The molecule has 0 atom stereocenters. The summed E-state index contributed by atoms with van der Waals surface area (Å²) in [4.78, 5) is 11.9. The van der Waals surface area contributed by atoms with Gasteiger partial charge < -0.3 is 0 Å². The van der Waals surface area contributed by atoms with Gasteiger partial charge in [0.05, 0.1) is 21.2 Å². The van der Waals surface area contributed by atoms with Crippen LogP contribution in [0.2, 0.25) is 5.02 Å². The van der Waals surface area contributed by atoms with Crippen LogP contribution in [0, 0.1) is 5.82 Å². The fourth-order valence-corrected chi connectivity index (χ4v) is 5.78. The average Bonchev–Trinajstić information content (AvgIpc) is 2.78. The fraction of sp³-hybridized carbons (Fsp3) is 0.160. The molecule has 0 fully saturated rings. The highest BCUT2D eigenvalue weighted by Crippen LogP contribution is 2.36. The largest absolute Gasteiger partial charge is 0.416 e. The molecular formula is C25H18ClF4NO3S. The van der Waals surface area contributed by atoms with Gasteiger partial charge in [0.25, 0.3) is 10.0 Å². The second-order valence-corrected chi connectivity index (χ2v) is 10.2. The number of Topliss-reactive ketones (excluding diaryl/α,β-unsaturated/α-hetero) is 1. The van der Waals surface area contributed by atoms with E-state index in [2.05, 4.69) is 0 Å². The van der Waals surface area contributed by atoms with Gasteiger partial charge in [0.2, 0.25) is 0 Å². The first-order valence-corrected chi connectivity index (χ1v) is 12.2. The number of hydrogen-bond donors (Lipinski definition) is 0. The topological polar surface area (TPSA) is 54.5 Å². The third kappa shape index (κ3) is 4.83. The van der Waals surface area contributed by atoms with Crippen LogP contribution in [-0.4, -0.2) is 20.7 Å². The molecule has 0 bridgehead atoms. The van der Waals surface area contributed by atoms with Crippen LogP contribution < -0.4 is 4.31 Å². The normalized spacial score (nSPS) is 14.7. The Kier molecular flexibility index (Phi) is 6.50. The van der Waals surface area contributed by atoms with Crippen molar-refractivity contribution in [2.45, 2.75) is 24.4 Å². The summed E-state index contributed by atoms with van der Waals surface area (Å²) < 4.78 is 81.4. The molecule has 35 heavy (non-hydrogen) atoms. The number of alkyl halides is 3. The van der Waals surface area contributed by atoms with E-state index in [0.717, 1.165) is 22.5 Å². The number of carbonyl (C=O) groups excluding carboxylic acids is 1. The Morgan fingerprint density at radius 3 is 2.46 bits per heavy atom. The number of anilines is 1. The molecule has 0 N–H and O–H groups in total. The number of carbonyl (C=O) groups is 1. The number of hydrogen-bond acceptors (Lipinski definition) is 3. The first kappa shape index (κ1) is 24.9. The molecule has 3 aromatic rings. The number of sulfonamides is 1. The Balaban J connectivity index is 1.80. The molecule has 0 amide bonds. The average molecular weight is 524 g/mol. The van der Waals surface area contributed by atoms with Crippen LogP contribution in [0.4, 0.5) is 23.2 Å². The molecule has 0 saturated carbocycles. The fourth-order valence-electron chi connectivity index (χ4n) is 3.95. The molecular weight excluding hydrogens is 506 g/mol. The van der Waals surface area contributed by atoms with Gasteiger partial charge in [-0.3, -0.25) is 9.10 Å². The lowest BCUT2D eigenvalue weighted by Crippen LogP contribution is -2.37. The van der Waals surface area contributed by atoms with E-state index in [9.17, 15) is 30.8 Å². The molecule has 1 aliphatic rings. The summed E-state index contributed by atoms with van der Waals surface area (Å²) in [5.74, 6) is -0.826. The van der Waals surface area contributed by atoms with Gasteiger partial charge in [-0.25, -0.2) is 12.8 Å². The number of rotatable bonds is 4. The van der Waals surface area contributed by atoms with Crippen molar-refractivity contribution in [2.24, 2.45) is 0 Å². The number of benzene rings is 3. The van der Waals surface area contributed by atoms with Gasteiger partial charge >= 0.3 is 6.18 Å². The van der Waals surface area contributed by atoms with E-state index >= 15 is 0 Å². The Morgan fingerprint density at radius 1 is 1.06 bits per heavy atom. The van der Waals surface area contributed by atoms with Gasteiger partial charge in [-0.05, 0) is 60.5 Å².